The number of hydrogen-bond donors (Lipinski definition) is 0. The summed E-state index contributed by atoms with van der Waals surface area (Å²) < 4.78 is 1.27. The molecule has 9 heteroatoms. The van der Waals surface area contributed by atoms with Gasteiger partial charge in [-0.1, -0.05) is 6.07 Å². The summed E-state index contributed by atoms with van der Waals surface area (Å²) in [5.74, 6) is -0.345. The van der Waals surface area contributed by atoms with Gasteiger partial charge in [0.25, 0.3) is 5.91 Å². The normalized spacial score (nSPS) is 15.5. The third-order valence-electron chi connectivity index (χ3n) is 4.11. The molecule has 3 rings (SSSR count). The van der Waals surface area contributed by atoms with Gasteiger partial charge in [-0.25, -0.2) is 0 Å². The molecule has 2 aromatic heterocycles. The zero-order valence-corrected chi connectivity index (χ0v) is 13.3. The summed E-state index contributed by atoms with van der Waals surface area (Å²) in [6.45, 7) is 3.27. The zero-order chi connectivity index (χ0) is 17.1. The maximum absolute atomic E-state index is 12.6. The summed E-state index contributed by atoms with van der Waals surface area (Å²) in [6, 6.07) is 3.92. The lowest BCUT2D eigenvalue weighted by Crippen LogP contribution is -2.48. The van der Waals surface area contributed by atoms with E-state index < -0.39 is 4.92 Å². The van der Waals surface area contributed by atoms with Crippen LogP contribution in [0.25, 0.3) is 0 Å². The van der Waals surface area contributed by atoms with Gasteiger partial charge in [-0.15, -0.1) is 0 Å². The van der Waals surface area contributed by atoms with Crippen LogP contribution >= 0.6 is 0 Å². The largest absolute Gasteiger partial charge is 0.335 e. The van der Waals surface area contributed by atoms with Crippen LogP contribution < -0.4 is 0 Å². The molecule has 2 aromatic rings. The molecule has 1 aliphatic rings. The lowest BCUT2D eigenvalue weighted by atomic mass is 10.2. The van der Waals surface area contributed by atoms with Crippen molar-refractivity contribution in [1.29, 1.82) is 0 Å². The van der Waals surface area contributed by atoms with Crippen molar-refractivity contribution in [2.75, 3.05) is 26.2 Å². The molecule has 24 heavy (non-hydrogen) atoms. The van der Waals surface area contributed by atoms with Gasteiger partial charge in [0.2, 0.25) is 5.69 Å². The van der Waals surface area contributed by atoms with Gasteiger partial charge in [-0.2, -0.15) is 5.10 Å². The van der Waals surface area contributed by atoms with Gasteiger partial charge >= 0.3 is 5.69 Å². The molecular formula is C15H18N6O3. The van der Waals surface area contributed by atoms with E-state index in [-0.39, 0.29) is 17.3 Å². The van der Waals surface area contributed by atoms with E-state index in [4.69, 9.17) is 0 Å². The fourth-order valence-corrected chi connectivity index (χ4v) is 2.82. The monoisotopic (exact) mass is 330 g/mol. The van der Waals surface area contributed by atoms with Crippen LogP contribution in [0.15, 0.2) is 30.7 Å². The van der Waals surface area contributed by atoms with E-state index in [0.717, 1.165) is 18.3 Å². The summed E-state index contributed by atoms with van der Waals surface area (Å²) in [5.41, 5.74) is 0.903. The fraction of sp³-hybridized carbons (Fsp3) is 0.400. The van der Waals surface area contributed by atoms with Gasteiger partial charge in [-0.3, -0.25) is 29.5 Å². The molecule has 0 unspecified atom stereocenters. The van der Waals surface area contributed by atoms with Crippen LogP contribution in [0.3, 0.4) is 0 Å². The van der Waals surface area contributed by atoms with Crippen molar-refractivity contribution >= 4 is 11.6 Å². The Hall–Kier alpha value is -2.81. The number of pyridine rings is 1. The zero-order valence-electron chi connectivity index (χ0n) is 13.3. The second kappa shape index (κ2) is 6.75. The highest BCUT2D eigenvalue weighted by molar-refractivity contribution is 5.96. The molecule has 1 fully saturated rings. The summed E-state index contributed by atoms with van der Waals surface area (Å²) in [4.78, 5) is 31.1. The number of nitro groups is 1. The Kier molecular flexibility index (Phi) is 4.52. The first kappa shape index (κ1) is 16.1. The van der Waals surface area contributed by atoms with E-state index in [9.17, 15) is 14.9 Å². The molecule has 0 spiro atoms. The maximum Gasteiger partial charge on any atom is 0.320 e. The Morgan fingerprint density at radius 1 is 1.29 bits per heavy atom. The van der Waals surface area contributed by atoms with Gasteiger partial charge in [0.05, 0.1) is 4.92 Å². The van der Waals surface area contributed by atoms with Crippen molar-refractivity contribution in [3.63, 3.8) is 0 Å². The molecule has 0 N–H and O–H groups in total. The lowest BCUT2D eigenvalue weighted by Gasteiger charge is -2.34. The Balaban J connectivity index is 1.63. The SMILES string of the molecule is Cn1ncc([N+](=O)[O-])c1C(=O)N1CCN(Cc2cccnc2)CC1. The molecule has 0 saturated carbocycles. The molecule has 0 aliphatic carbocycles. The molecule has 1 amide bonds. The fourth-order valence-electron chi connectivity index (χ4n) is 2.82. The van der Waals surface area contributed by atoms with Crippen LogP contribution in [0.4, 0.5) is 5.69 Å². The van der Waals surface area contributed by atoms with Crippen LogP contribution in [-0.4, -0.2) is 61.6 Å². The molecule has 0 atom stereocenters. The molecule has 126 valence electrons. The first-order chi connectivity index (χ1) is 11.6. The highest BCUT2D eigenvalue weighted by atomic mass is 16.6. The van der Waals surface area contributed by atoms with E-state index in [2.05, 4.69) is 15.0 Å². The van der Waals surface area contributed by atoms with Crippen molar-refractivity contribution < 1.29 is 9.72 Å². The summed E-state index contributed by atoms with van der Waals surface area (Å²) >= 11 is 0. The predicted octanol–water partition coefficient (Wildman–Crippen LogP) is 0.681. The van der Waals surface area contributed by atoms with E-state index in [1.54, 1.807) is 18.1 Å². The van der Waals surface area contributed by atoms with Crippen LogP contribution in [0.1, 0.15) is 16.1 Å². The summed E-state index contributed by atoms with van der Waals surface area (Å²) in [7, 11) is 1.54. The quantitative estimate of drug-likeness (QED) is 0.604. The number of aromatic nitrogens is 3. The first-order valence-corrected chi connectivity index (χ1v) is 7.63. The molecule has 3 heterocycles. The van der Waals surface area contributed by atoms with Crippen molar-refractivity contribution in [3.05, 3.63) is 52.1 Å². The average molecular weight is 330 g/mol. The number of carbonyl (C=O) groups is 1. The van der Waals surface area contributed by atoms with E-state index in [1.807, 2.05) is 18.3 Å². The second-order valence-corrected chi connectivity index (χ2v) is 5.69. The number of hydrogen-bond acceptors (Lipinski definition) is 6. The number of piperazine rings is 1. The number of aryl methyl sites for hydroxylation is 1. The number of amides is 1. The maximum atomic E-state index is 12.6. The van der Waals surface area contributed by atoms with E-state index >= 15 is 0 Å². The molecule has 1 saturated heterocycles. The van der Waals surface area contributed by atoms with Crippen LogP contribution in [0.2, 0.25) is 0 Å². The Bertz CT molecular complexity index is 737. The Morgan fingerprint density at radius 2 is 2.04 bits per heavy atom. The number of carbonyl (C=O) groups excluding carboxylic acids is 1. The van der Waals surface area contributed by atoms with Gasteiger partial charge in [0.1, 0.15) is 6.20 Å². The molecule has 0 aromatic carbocycles. The van der Waals surface area contributed by atoms with Gasteiger partial charge in [0.15, 0.2) is 0 Å². The minimum atomic E-state index is -0.571. The van der Waals surface area contributed by atoms with Gasteiger partial charge in [0, 0.05) is 52.2 Å². The first-order valence-electron chi connectivity index (χ1n) is 7.63. The highest BCUT2D eigenvalue weighted by Gasteiger charge is 2.31. The number of rotatable bonds is 4. The van der Waals surface area contributed by atoms with Crippen LogP contribution in [0.5, 0.6) is 0 Å². The minimum Gasteiger partial charge on any atom is -0.335 e. The summed E-state index contributed by atoms with van der Waals surface area (Å²) in [5, 5.41) is 14.9. The smallest absolute Gasteiger partial charge is 0.320 e. The van der Waals surface area contributed by atoms with E-state index in [1.165, 1.54) is 4.68 Å². The number of nitrogens with zero attached hydrogens (tertiary/aromatic N) is 6. The van der Waals surface area contributed by atoms with Crippen molar-refractivity contribution in [1.82, 2.24) is 24.6 Å². The standard InChI is InChI=1S/C15H18N6O3/c1-18-14(13(10-17-18)21(23)24)15(22)20-7-5-19(6-8-20)11-12-3-2-4-16-9-12/h2-4,9-10H,5-8,11H2,1H3. The Morgan fingerprint density at radius 3 is 2.67 bits per heavy atom. The third kappa shape index (κ3) is 3.25. The van der Waals surface area contributed by atoms with Crippen LogP contribution in [0, 0.1) is 10.1 Å². The van der Waals surface area contributed by atoms with Gasteiger partial charge in [-0.05, 0) is 11.6 Å². The topological polar surface area (TPSA) is 97.4 Å². The lowest BCUT2D eigenvalue weighted by molar-refractivity contribution is -0.385. The molecular weight excluding hydrogens is 312 g/mol. The second-order valence-electron chi connectivity index (χ2n) is 5.69. The minimum absolute atomic E-state index is 0.0284. The molecule has 0 radical (unpaired) electrons. The predicted molar refractivity (Wildman–Crippen MR) is 85.3 cm³/mol. The third-order valence-corrected chi connectivity index (χ3v) is 4.11. The summed E-state index contributed by atoms with van der Waals surface area (Å²) in [6.07, 6.45) is 4.68. The van der Waals surface area contributed by atoms with E-state index in [0.29, 0.717) is 26.2 Å². The molecule has 9 nitrogen and oxygen atoms in total. The highest BCUT2D eigenvalue weighted by Crippen LogP contribution is 2.20. The van der Waals surface area contributed by atoms with Crippen LogP contribution in [-0.2, 0) is 13.6 Å². The average Bonchev–Trinajstić information content (AvgIpc) is 2.98. The molecule has 0 bridgehead atoms. The van der Waals surface area contributed by atoms with Crippen molar-refractivity contribution in [2.45, 2.75) is 6.54 Å². The van der Waals surface area contributed by atoms with Crippen molar-refractivity contribution in [3.8, 4) is 0 Å². The Labute approximate surface area is 138 Å². The van der Waals surface area contributed by atoms with Gasteiger partial charge < -0.3 is 4.90 Å². The molecule has 1 aliphatic heterocycles. The van der Waals surface area contributed by atoms with Crippen molar-refractivity contribution in [2.24, 2.45) is 7.05 Å².